The summed E-state index contributed by atoms with van der Waals surface area (Å²) >= 11 is 5.51. The van der Waals surface area contributed by atoms with Crippen molar-refractivity contribution in [1.29, 1.82) is 0 Å². The Labute approximate surface area is 192 Å². The monoisotopic (exact) mass is 452 g/mol. The molecule has 0 aliphatic carbocycles. The summed E-state index contributed by atoms with van der Waals surface area (Å²) in [5.74, 6) is -0.175. The fraction of sp³-hybridized carbons (Fsp3) is 0.375. The molecule has 0 radical (unpaired) electrons. The Morgan fingerprint density at radius 1 is 1.22 bits per heavy atom. The van der Waals surface area contributed by atoms with E-state index in [4.69, 9.17) is 17.0 Å². The highest BCUT2D eigenvalue weighted by Crippen LogP contribution is 2.18. The van der Waals surface area contributed by atoms with Crippen molar-refractivity contribution in [3.63, 3.8) is 0 Å². The maximum absolute atomic E-state index is 13.3. The van der Waals surface area contributed by atoms with E-state index in [0.717, 1.165) is 49.7 Å². The predicted octanol–water partition coefficient (Wildman–Crippen LogP) is 3.12. The molecule has 3 aromatic rings. The van der Waals surface area contributed by atoms with Gasteiger partial charge in [-0.3, -0.25) is 19.1 Å². The standard InChI is InChI=1S/C24H28N4O3S/c1-15-5-4-6-21(17(15)3)28-23(30)19-8-7-18(13-20(19)26-24(28)32)22(29)25-16(2)14-27-9-11-31-12-10-27/h4-8,13,16H,9-12,14H2,1-3H3,(H,25,29)(H,26,32). The van der Waals surface area contributed by atoms with E-state index in [1.54, 1.807) is 18.2 Å². The highest BCUT2D eigenvalue weighted by molar-refractivity contribution is 7.71. The SMILES string of the molecule is Cc1cccc(-n2c(=S)[nH]c3cc(C(=O)NC(C)CN4CCOCC4)ccc3c2=O)c1C. The van der Waals surface area contributed by atoms with Crippen LogP contribution in [0.1, 0.15) is 28.4 Å². The van der Waals surface area contributed by atoms with Gasteiger partial charge in [-0.1, -0.05) is 12.1 Å². The maximum atomic E-state index is 13.3. The Morgan fingerprint density at radius 2 is 1.97 bits per heavy atom. The first-order chi connectivity index (χ1) is 15.3. The van der Waals surface area contributed by atoms with Crippen LogP contribution in [0.4, 0.5) is 0 Å². The minimum atomic E-state index is -0.204. The lowest BCUT2D eigenvalue weighted by molar-refractivity contribution is 0.0342. The van der Waals surface area contributed by atoms with Crippen LogP contribution in [0.5, 0.6) is 0 Å². The second-order valence-electron chi connectivity index (χ2n) is 8.34. The number of carbonyl (C=O) groups excluding carboxylic acids is 1. The van der Waals surface area contributed by atoms with Crippen molar-refractivity contribution in [1.82, 2.24) is 19.8 Å². The van der Waals surface area contributed by atoms with Crippen molar-refractivity contribution in [2.45, 2.75) is 26.8 Å². The number of hydrogen-bond acceptors (Lipinski definition) is 5. The molecule has 0 bridgehead atoms. The first-order valence-corrected chi connectivity index (χ1v) is 11.2. The molecule has 4 rings (SSSR count). The van der Waals surface area contributed by atoms with Gasteiger partial charge in [0.05, 0.1) is 29.8 Å². The zero-order valence-corrected chi connectivity index (χ0v) is 19.4. The molecule has 1 unspecified atom stereocenters. The van der Waals surface area contributed by atoms with Crippen LogP contribution in [0.2, 0.25) is 0 Å². The molecule has 2 aromatic carbocycles. The molecule has 2 heterocycles. The molecule has 1 fully saturated rings. The molecule has 1 aliphatic heterocycles. The van der Waals surface area contributed by atoms with E-state index in [1.165, 1.54) is 4.57 Å². The van der Waals surface area contributed by atoms with E-state index in [0.29, 0.717) is 21.2 Å². The molecule has 168 valence electrons. The van der Waals surface area contributed by atoms with Crippen LogP contribution in [-0.4, -0.2) is 59.2 Å². The van der Waals surface area contributed by atoms with E-state index in [2.05, 4.69) is 15.2 Å². The smallest absolute Gasteiger partial charge is 0.266 e. The molecule has 8 heteroatoms. The van der Waals surface area contributed by atoms with Gasteiger partial charge in [-0.15, -0.1) is 0 Å². The average Bonchev–Trinajstić information content (AvgIpc) is 2.76. The number of morpholine rings is 1. The number of aryl methyl sites for hydroxylation is 1. The predicted molar refractivity (Wildman–Crippen MR) is 128 cm³/mol. The number of carbonyl (C=O) groups is 1. The highest BCUT2D eigenvalue weighted by atomic mass is 32.1. The molecule has 1 aromatic heterocycles. The Balaban J connectivity index is 1.61. The van der Waals surface area contributed by atoms with Gasteiger partial charge in [-0.25, -0.2) is 0 Å². The van der Waals surface area contributed by atoms with Crippen LogP contribution in [0, 0.1) is 18.6 Å². The second kappa shape index (κ2) is 9.36. The largest absolute Gasteiger partial charge is 0.379 e. The van der Waals surface area contributed by atoms with Crippen LogP contribution in [0.25, 0.3) is 16.6 Å². The Hall–Kier alpha value is -2.81. The number of hydrogen-bond donors (Lipinski definition) is 2. The van der Waals surface area contributed by atoms with Crippen LogP contribution in [-0.2, 0) is 4.74 Å². The lowest BCUT2D eigenvalue weighted by Crippen LogP contribution is -2.46. The minimum Gasteiger partial charge on any atom is -0.379 e. The van der Waals surface area contributed by atoms with E-state index >= 15 is 0 Å². The van der Waals surface area contributed by atoms with E-state index < -0.39 is 0 Å². The summed E-state index contributed by atoms with van der Waals surface area (Å²) in [5.41, 5.74) is 3.68. The molecular formula is C24H28N4O3S. The van der Waals surface area contributed by atoms with Gasteiger partial charge in [-0.2, -0.15) is 0 Å². The first kappa shape index (κ1) is 22.4. The fourth-order valence-electron chi connectivity index (χ4n) is 4.08. The summed E-state index contributed by atoms with van der Waals surface area (Å²) in [6.45, 7) is 9.94. The normalized spacial score (nSPS) is 15.6. The Kier molecular flexibility index (Phi) is 6.55. The fourth-order valence-corrected chi connectivity index (χ4v) is 4.37. The molecule has 2 N–H and O–H groups in total. The summed E-state index contributed by atoms with van der Waals surface area (Å²) in [6.07, 6.45) is 0. The molecule has 1 aliphatic rings. The number of amides is 1. The van der Waals surface area contributed by atoms with Gasteiger partial charge < -0.3 is 15.0 Å². The number of fused-ring (bicyclic) bond motifs is 1. The summed E-state index contributed by atoms with van der Waals surface area (Å²) in [4.78, 5) is 31.5. The van der Waals surface area contributed by atoms with Gasteiger partial charge in [0, 0.05) is 31.2 Å². The number of ether oxygens (including phenoxy) is 1. The van der Waals surface area contributed by atoms with Gasteiger partial charge in [0.1, 0.15) is 0 Å². The minimum absolute atomic E-state index is 0.00733. The lowest BCUT2D eigenvalue weighted by Gasteiger charge is -2.29. The van der Waals surface area contributed by atoms with Gasteiger partial charge >= 0.3 is 0 Å². The number of aromatic nitrogens is 2. The number of nitrogens with zero attached hydrogens (tertiary/aromatic N) is 2. The molecule has 1 saturated heterocycles. The first-order valence-electron chi connectivity index (χ1n) is 10.8. The quantitative estimate of drug-likeness (QED) is 0.582. The van der Waals surface area contributed by atoms with Crippen LogP contribution in [0.3, 0.4) is 0 Å². The summed E-state index contributed by atoms with van der Waals surface area (Å²) in [7, 11) is 0. The summed E-state index contributed by atoms with van der Waals surface area (Å²) in [5, 5.41) is 3.53. The third-order valence-electron chi connectivity index (χ3n) is 5.99. The molecule has 0 saturated carbocycles. The highest BCUT2D eigenvalue weighted by Gasteiger charge is 2.17. The molecule has 32 heavy (non-hydrogen) atoms. The summed E-state index contributed by atoms with van der Waals surface area (Å²) < 4.78 is 7.19. The summed E-state index contributed by atoms with van der Waals surface area (Å²) in [6, 6.07) is 10.9. The molecule has 7 nitrogen and oxygen atoms in total. The van der Waals surface area contributed by atoms with Crippen molar-refractivity contribution in [2.75, 3.05) is 32.8 Å². The number of benzene rings is 2. The zero-order valence-electron chi connectivity index (χ0n) is 18.6. The second-order valence-corrected chi connectivity index (χ2v) is 8.72. The Bertz CT molecular complexity index is 1270. The van der Waals surface area contributed by atoms with Crippen molar-refractivity contribution in [3.8, 4) is 5.69 Å². The van der Waals surface area contributed by atoms with E-state index in [9.17, 15) is 9.59 Å². The molecule has 0 spiro atoms. The molecular weight excluding hydrogens is 424 g/mol. The number of nitrogens with one attached hydrogen (secondary N) is 2. The van der Waals surface area contributed by atoms with Gasteiger partial charge in [0.25, 0.3) is 11.5 Å². The molecule has 1 atom stereocenters. The van der Waals surface area contributed by atoms with Crippen LogP contribution in [0.15, 0.2) is 41.2 Å². The van der Waals surface area contributed by atoms with Crippen molar-refractivity contribution < 1.29 is 9.53 Å². The van der Waals surface area contributed by atoms with Crippen molar-refractivity contribution >= 4 is 29.0 Å². The third-order valence-corrected chi connectivity index (χ3v) is 6.27. The van der Waals surface area contributed by atoms with Crippen molar-refractivity contribution in [2.24, 2.45) is 0 Å². The molecule has 1 amide bonds. The van der Waals surface area contributed by atoms with Crippen molar-refractivity contribution in [3.05, 3.63) is 68.2 Å². The number of H-pyrrole nitrogens is 1. The topological polar surface area (TPSA) is 79.4 Å². The van der Waals surface area contributed by atoms with E-state index in [-0.39, 0.29) is 17.5 Å². The van der Waals surface area contributed by atoms with Gasteiger partial charge in [-0.05, 0) is 68.4 Å². The van der Waals surface area contributed by atoms with Gasteiger partial charge in [0.2, 0.25) is 0 Å². The number of rotatable bonds is 5. The van der Waals surface area contributed by atoms with Gasteiger partial charge in [0.15, 0.2) is 4.77 Å². The number of aromatic amines is 1. The van der Waals surface area contributed by atoms with Crippen LogP contribution < -0.4 is 10.9 Å². The Morgan fingerprint density at radius 3 is 2.72 bits per heavy atom. The van der Waals surface area contributed by atoms with Crippen LogP contribution >= 0.6 is 12.2 Å². The average molecular weight is 453 g/mol. The third kappa shape index (κ3) is 4.53. The van der Waals surface area contributed by atoms with E-state index in [1.807, 2.05) is 39.0 Å². The lowest BCUT2D eigenvalue weighted by atomic mass is 10.1. The zero-order chi connectivity index (χ0) is 22.8. The maximum Gasteiger partial charge on any atom is 0.266 e.